The van der Waals surface area contributed by atoms with Gasteiger partial charge in [-0.3, -0.25) is 14.4 Å². The minimum absolute atomic E-state index is 0.0417. The Hall–Kier alpha value is -2.48. The third-order valence-electron chi connectivity index (χ3n) is 6.03. The smallest absolute Gasteiger partial charge is 0.247 e. The molecule has 0 radical (unpaired) electrons. The standard InChI is InChI=1S/C28H39IN2O8/c1-5-6-8-25(34)31(10-7-12-38-18(2)3)22-15-20(28(36)30-9-11-32)16-23(26(22)35)39-27-21(29)13-19(17-33)14-24(27)37-4/h6,8,13-14,16-18,22-23,26,32,35H,5,7,9-12,15H2,1-4H3,(H,30,36). The molecule has 3 N–H and O–H groups in total. The number of hydrogen-bond acceptors (Lipinski definition) is 8. The van der Waals surface area contributed by atoms with Gasteiger partial charge >= 0.3 is 0 Å². The number of rotatable bonds is 15. The summed E-state index contributed by atoms with van der Waals surface area (Å²) in [7, 11) is 1.44. The summed E-state index contributed by atoms with van der Waals surface area (Å²) in [5.41, 5.74) is 0.714. The van der Waals surface area contributed by atoms with E-state index in [-0.39, 0.29) is 31.6 Å². The normalized spacial score (nSPS) is 19.1. The molecule has 1 aliphatic carbocycles. The second-order valence-electron chi connectivity index (χ2n) is 9.28. The van der Waals surface area contributed by atoms with Crippen molar-refractivity contribution >= 4 is 40.7 Å². The van der Waals surface area contributed by atoms with E-state index < -0.39 is 24.2 Å². The van der Waals surface area contributed by atoms with Gasteiger partial charge < -0.3 is 34.6 Å². The fourth-order valence-corrected chi connectivity index (χ4v) is 4.90. The van der Waals surface area contributed by atoms with E-state index in [1.165, 1.54) is 25.3 Å². The zero-order valence-electron chi connectivity index (χ0n) is 22.9. The number of carbonyl (C=O) groups excluding carboxylic acids is 3. The third-order valence-corrected chi connectivity index (χ3v) is 6.83. The zero-order valence-corrected chi connectivity index (χ0v) is 25.0. The first-order valence-corrected chi connectivity index (χ1v) is 14.1. The van der Waals surface area contributed by atoms with Gasteiger partial charge in [0.1, 0.15) is 18.5 Å². The van der Waals surface area contributed by atoms with Gasteiger partial charge in [-0.15, -0.1) is 0 Å². The molecule has 1 aromatic rings. The van der Waals surface area contributed by atoms with Crippen molar-refractivity contribution in [3.05, 3.63) is 45.1 Å². The van der Waals surface area contributed by atoms with Crippen molar-refractivity contribution in [2.24, 2.45) is 0 Å². The monoisotopic (exact) mass is 658 g/mol. The van der Waals surface area contributed by atoms with Crippen LogP contribution in [0.4, 0.5) is 0 Å². The summed E-state index contributed by atoms with van der Waals surface area (Å²) < 4.78 is 17.9. The molecule has 0 aliphatic heterocycles. The topological polar surface area (TPSA) is 135 Å². The maximum absolute atomic E-state index is 13.3. The Labute approximate surface area is 243 Å². The van der Waals surface area contributed by atoms with Gasteiger partial charge in [0.2, 0.25) is 11.8 Å². The van der Waals surface area contributed by atoms with Crippen molar-refractivity contribution in [1.29, 1.82) is 0 Å². The molecule has 0 fully saturated rings. The lowest BCUT2D eigenvalue weighted by Crippen LogP contribution is -2.55. The Balaban J connectivity index is 2.47. The Morgan fingerprint density at radius 3 is 2.67 bits per heavy atom. The molecule has 3 unspecified atom stereocenters. The van der Waals surface area contributed by atoms with Crippen molar-refractivity contribution in [1.82, 2.24) is 10.2 Å². The lowest BCUT2D eigenvalue weighted by molar-refractivity contribution is -0.133. The van der Waals surface area contributed by atoms with Crippen LogP contribution in [-0.2, 0) is 14.3 Å². The SMILES string of the molecule is CCC=CC(=O)N(CCCOC(C)C)C1CC(C(=O)NCCO)=CC(Oc2c(I)cc(C=O)cc2OC)C1O. The van der Waals surface area contributed by atoms with Crippen molar-refractivity contribution in [2.45, 2.75) is 64.4 Å². The summed E-state index contributed by atoms with van der Waals surface area (Å²) in [4.78, 5) is 39.1. The minimum atomic E-state index is -1.18. The number of aliphatic hydroxyl groups excluding tert-OH is 2. The van der Waals surface area contributed by atoms with Gasteiger partial charge in [0.05, 0.1) is 29.4 Å². The number of allylic oxidation sites excluding steroid dienone is 1. The largest absolute Gasteiger partial charge is 0.493 e. The van der Waals surface area contributed by atoms with Crippen LogP contribution in [0.3, 0.4) is 0 Å². The summed E-state index contributed by atoms with van der Waals surface area (Å²) >= 11 is 2.01. The van der Waals surface area contributed by atoms with E-state index in [0.29, 0.717) is 58.5 Å². The molecule has 3 atom stereocenters. The molecular weight excluding hydrogens is 619 g/mol. The van der Waals surface area contributed by atoms with Crippen molar-refractivity contribution in [3.8, 4) is 11.5 Å². The lowest BCUT2D eigenvalue weighted by atomic mass is 9.88. The summed E-state index contributed by atoms with van der Waals surface area (Å²) in [5, 5.41) is 23.3. The van der Waals surface area contributed by atoms with Gasteiger partial charge in [0.25, 0.3) is 0 Å². The Bertz CT molecular complexity index is 1040. The number of nitrogens with one attached hydrogen (secondary N) is 1. The van der Waals surface area contributed by atoms with Crippen LogP contribution in [0.2, 0.25) is 0 Å². The number of carbonyl (C=O) groups is 3. The van der Waals surface area contributed by atoms with E-state index in [4.69, 9.17) is 14.2 Å². The van der Waals surface area contributed by atoms with Crippen LogP contribution in [0, 0.1) is 3.57 Å². The van der Waals surface area contributed by atoms with Gasteiger partial charge in [0, 0.05) is 37.3 Å². The number of hydrogen-bond donors (Lipinski definition) is 3. The molecule has 0 spiro atoms. The van der Waals surface area contributed by atoms with Crippen molar-refractivity contribution in [2.75, 3.05) is 33.4 Å². The second kappa shape index (κ2) is 16.6. The number of aldehydes is 1. The van der Waals surface area contributed by atoms with Gasteiger partial charge in [-0.2, -0.15) is 0 Å². The quantitative estimate of drug-likeness (QED) is 0.113. The fourth-order valence-electron chi connectivity index (χ4n) is 4.15. The number of aliphatic hydroxyl groups is 2. The van der Waals surface area contributed by atoms with Crippen LogP contribution in [0.5, 0.6) is 11.5 Å². The predicted molar refractivity (Wildman–Crippen MR) is 155 cm³/mol. The van der Waals surface area contributed by atoms with Gasteiger partial charge in [0.15, 0.2) is 11.5 Å². The van der Waals surface area contributed by atoms with Gasteiger partial charge in [-0.1, -0.05) is 13.0 Å². The molecule has 0 heterocycles. The molecule has 2 rings (SSSR count). The summed E-state index contributed by atoms with van der Waals surface area (Å²) in [6, 6.07) is 2.37. The highest BCUT2D eigenvalue weighted by molar-refractivity contribution is 14.1. The minimum Gasteiger partial charge on any atom is -0.493 e. The average Bonchev–Trinajstić information content (AvgIpc) is 2.92. The van der Waals surface area contributed by atoms with E-state index in [1.807, 2.05) is 43.4 Å². The molecular formula is C28H39IN2O8. The fraction of sp³-hybridized carbons (Fsp3) is 0.536. The van der Waals surface area contributed by atoms with E-state index >= 15 is 0 Å². The van der Waals surface area contributed by atoms with Gasteiger partial charge in [-0.25, -0.2) is 0 Å². The summed E-state index contributed by atoms with van der Waals surface area (Å²) in [6.45, 7) is 6.33. The number of methoxy groups -OCH3 is 1. The van der Waals surface area contributed by atoms with Gasteiger partial charge in [-0.05, 0) is 73.6 Å². The second-order valence-corrected chi connectivity index (χ2v) is 10.4. The Kier molecular flexibility index (Phi) is 13.9. The summed E-state index contributed by atoms with van der Waals surface area (Å²) in [5.74, 6) is -0.118. The van der Waals surface area contributed by atoms with E-state index in [9.17, 15) is 24.6 Å². The summed E-state index contributed by atoms with van der Waals surface area (Å²) in [6.07, 6.45) is 4.58. The average molecular weight is 659 g/mol. The van der Waals surface area contributed by atoms with Crippen molar-refractivity contribution < 1.29 is 38.8 Å². The van der Waals surface area contributed by atoms with E-state index in [0.717, 1.165) is 0 Å². The third kappa shape index (κ3) is 9.59. The molecule has 1 aromatic carbocycles. The predicted octanol–water partition coefficient (Wildman–Crippen LogP) is 2.64. The van der Waals surface area contributed by atoms with Crippen LogP contribution in [0.15, 0.2) is 35.9 Å². The zero-order chi connectivity index (χ0) is 28.9. The molecule has 11 heteroatoms. The lowest BCUT2D eigenvalue weighted by Gasteiger charge is -2.40. The van der Waals surface area contributed by atoms with Crippen LogP contribution < -0.4 is 14.8 Å². The van der Waals surface area contributed by atoms with E-state index in [2.05, 4.69) is 5.32 Å². The Morgan fingerprint density at radius 2 is 2.05 bits per heavy atom. The molecule has 2 amide bonds. The highest BCUT2D eigenvalue weighted by atomic mass is 127. The number of benzene rings is 1. The molecule has 39 heavy (non-hydrogen) atoms. The number of amides is 2. The van der Waals surface area contributed by atoms with Crippen molar-refractivity contribution in [3.63, 3.8) is 0 Å². The van der Waals surface area contributed by atoms with Crippen LogP contribution in [-0.4, -0.2) is 91.0 Å². The van der Waals surface area contributed by atoms with Crippen LogP contribution in [0.25, 0.3) is 0 Å². The molecule has 10 nitrogen and oxygen atoms in total. The molecule has 216 valence electrons. The van der Waals surface area contributed by atoms with Crippen LogP contribution >= 0.6 is 22.6 Å². The first-order valence-electron chi connectivity index (χ1n) is 13.0. The molecule has 0 aromatic heterocycles. The number of halogens is 1. The highest BCUT2D eigenvalue weighted by Crippen LogP contribution is 2.37. The maximum atomic E-state index is 13.3. The van der Waals surface area contributed by atoms with E-state index in [1.54, 1.807) is 17.0 Å². The first kappa shape index (κ1) is 32.7. The molecule has 0 bridgehead atoms. The maximum Gasteiger partial charge on any atom is 0.247 e. The molecule has 0 saturated heterocycles. The Morgan fingerprint density at radius 1 is 1.31 bits per heavy atom. The van der Waals surface area contributed by atoms with Crippen LogP contribution in [0.1, 0.15) is 50.4 Å². The number of ether oxygens (including phenoxy) is 3. The molecule has 0 saturated carbocycles. The molecule has 1 aliphatic rings. The highest BCUT2D eigenvalue weighted by Gasteiger charge is 2.40. The first-order chi connectivity index (χ1) is 18.7. The number of nitrogens with zero attached hydrogens (tertiary/aromatic N) is 1.